The number of aromatic nitrogens is 2. The molecule has 0 atom stereocenters. The molecule has 0 radical (unpaired) electrons. The van der Waals surface area contributed by atoms with Gasteiger partial charge in [0.05, 0.1) is 11.0 Å². The van der Waals surface area contributed by atoms with Crippen molar-refractivity contribution in [1.29, 1.82) is 0 Å². The minimum Gasteiger partial charge on any atom is -0.313 e. The SMILES string of the molecule is Cc1c(C)n(-c2ccc3c(ccc4ccccc43)c2)c2c1ccc1c3ccc4c(C)c(C)n(-c5ccc6c(ccc7ccccc76)c5)c4c3ccc12. The molecule has 2 nitrogen and oxygen atoms in total. The molecule has 52 heavy (non-hydrogen) atoms. The number of benzene rings is 9. The monoisotopic (exact) mass is 664 g/mol. The molecule has 0 fully saturated rings. The molecule has 0 saturated carbocycles. The largest absolute Gasteiger partial charge is 0.313 e. The fourth-order valence-electron chi connectivity index (χ4n) is 9.26. The summed E-state index contributed by atoms with van der Waals surface area (Å²) in [5.74, 6) is 0. The van der Waals surface area contributed by atoms with Gasteiger partial charge in [0, 0.05) is 44.3 Å². The van der Waals surface area contributed by atoms with E-state index in [1.807, 2.05) is 0 Å². The molecule has 0 aliphatic heterocycles. The Labute approximate surface area is 301 Å². The fourth-order valence-corrected chi connectivity index (χ4v) is 9.26. The van der Waals surface area contributed by atoms with Crippen molar-refractivity contribution >= 4 is 86.4 Å². The Kier molecular flexibility index (Phi) is 5.97. The van der Waals surface area contributed by atoms with E-state index in [2.05, 4.69) is 182 Å². The summed E-state index contributed by atoms with van der Waals surface area (Å²) in [6, 6.07) is 54.5. The smallest absolute Gasteiger partial charge is 0.0612 e. The van der Waals surface area contributed by atoms with E-state index in [0.717, 1.165) is 0 Å². The van der Waals surface area contributed by atoms with Crippen LogP contribution in [0.3, 0.4) is 0 Å². The van der Waals surface area contributed by atoms with Gasteiger partial charge in [-0.2, -0.15) is 0 Å². The highest BCUT2D eigenvalue weighted by atomic mass is 15.0. The molecule has 0 bridgehead atoms. The van der Waals surface area contributed by atoms with E-state index in [1.165, 1.54) is 120 Å². The minimum absolute atomic E-state index is 1.20. The zero-order chi connectivity index (χ0) is 34.8. The first-order valence-electron chi connectivity index (χ1n) is 18.3. The van der Waals surface area contributed by atoms with Crippen LogP contribution in [0.25, 0.3) is 97.8 Å². The normalized spacial score (nSPS) is 12.2. The summed E-state index contributed by atoms with van der Waals surface area (Å²) in [5.41, 5.74) is 10.2. The van der Waals surface area contributed by atoms with Crippen LogP contribution >= 0.6 is 0 Å². The zero-order valence-electron chi connectivity index (χ0n) is 29.8. The molecule has 0 aliphatic rings. The van der Waals surface area contributed by atoms with Gasteiger partial charge in [0.25, 0.3) is 0 Å². The van der Waals surface area contributed by atoms with E-state index in [1.54, 1.807) is 0 Å². The van der Waals surface area contributed by atoms with Crippen molar-refractivity contribution in [3.63, 3.8) is 0 Å². The van der Waals surface area contributed by atoms with Crippen LogP contribution in [0.1, 0.15) is 22.5 Å². The van der Waals surface area contributed by atoms with Crippen LogP contribution in [-0.2, 0) is 0 Å². The molecule has 9 aromatic carbocycles. The molecule has 2 aromatic heterocycles. The van der Waals surface area contributed by atoms with Crippen molar-refractivity contribution < 1.29 is 0 Å². The second kappa shape index (κ2) is 10.6. The van der Waals surface area contributed by atoms with Crippen molar-refractivity contribution in [2.24, 2.45) is 0 Å². The maximum atomic E-state index is 2.49. The second-order valence-electron chi connectivity index (χ2n) is 14.7. The molecule has 11 rings (SSSR count). The standard InChI is InChI=1S/C50H36N2/c1-29-31(3)51(37-17-19-43-35(27-37)15-13-33-9-5-7-11-41(33)43)49-39(29)21-23-45-46-24-22-40-30(2)32(4)52(50(40)48(46)26-25-47(45)49)38-18-20-44-36(28-38)16-14-34-10-6-8-12-42(34)44/h5-28H,1-4H3. The molecule has 246 valence electrons. The van der Waals surface area contributed by atoms with Crippen LogP contribution in [0.15, 0.2) is 146 Å². The van der Waals surface area contributed by atoms with Crippen LogP contribution in [0.5, 0.6) is 0 Å². The van der Waals surface area contributed by atoms with Gasteiger partial charge in [-0.3, -0.25) is 0 Å². The van der Waals surface area contributed by atoms with E-state index in [0.29, 0.717) is 0 Å². The van der Waals surface area contributed by atoms with Crippen molar-refractivity contribution in [2.75, 3.05) is 0 Å². The Balaban J connectivity index is 1.16. The quantitative estimate of drug-likeness (QED) is 0.163. The van der Waals surface area contributed by atoms with E-state index in [9.17, 15) is 0 Å². The zero-order valence-corrected chi connectivity index (χ0v) is 29.8. The Hall–Kier alpha value is -6.38. The van der Waals surface area contributed by atoms with Gasteiger partial charge in [-0.1, -0.05) is 121 Å². The summed E-state index contributed by atoms with van der Waals surface area (Å²) in [6.07, 6.45) is 0. The third-order valence-corrected chi connectivity index (χ3v) is 12.1. The summed E-state index contributed by atoms with van der Waals surface area (Å²) in [7, 11) is 0. The van der Waals surface area contributed by atoms with Crippen LogP contribution in [0, 0.1) is 27.7 Å². The Morgan fingerprint density at radius 2 is 0.635 bits per heavy atom. The van der Waals surface area contributed by atoms with Gasteiger partial charge in [0.2, 0.25) is 0 Å². The molecule has 0 saturated heterocycles. The number of nitrogens with zero attached hydrogens (tertiary/aromatic N) is 2. The number of rotatable bonds is 2. The van der Waals surface area contributed by atoms with Gasteiger partial charge in [-0.05, 0) is 117 Å². The van der Waals surface area contributed by atoms with Crippen molar-refractivity contribution in [2.45, 2.75) is 27.7 Å². The van der Waals surface area contributed by atoms with Gasteiger partial charge >= 0.3 is 0 Å². The van der Waals surface area contributed by atoms with Crippen LogP contribution < -0.4 is 0 Å². The Bertz CT molecular complexity index is 3110. The number of hydrogen-bond acceptors (Lipinski definition) is 0. The van der Waals surface area contributed by atoms with Gasteiger partial charge in [-0.15, -0.1) is 0 Å². The molecular weight excluding hydrogens is 629 g/mol. The lowest BCUT2D eigenvalue weighted by Gasteiger charge is -2.15. The third kappa shape index (κ3) is 3.90. The Morgan fingerprint density at radius 1 is 0.288 bits per heavy atom. The second-order valence-corrected chi connectivity index (χ2v) is 14.7. The summed E-state index contributed by atoms with van der Waals surface area (Å²) in [5, 5.41) is 18.0. The van der Waals surface area contributed by atoms with E-state index in [4.69, 9.17) is 0 Å². The first-order chi connectivity index (χ1) is 25.5. The molecular formula is C50H36N2. The van der Waals surface area contributed by atoms with Gasteiger partial charge < -0.3 is 9.13 Å². The lowest BCUT2D eigenvalue weighted by Crippen LogP contribution is -1.98. The number of hydrogen-bond donors (Lipinski definition) is 0. The summed E-state index contributed by atoms with van der Waals surface area (Å²) in [4.78, 5) is 0. The van der Waals surface area contributed by atoms with Crippen molar-refractivity contribution in [3.05, 3.63) is 168 Å². The highest BCUT2D eigenvalue weighted by molar-refractivity contribution is 6.22. The van der Waals surface area contributed by atoms with Crippen LogP contribution in [-0.4, -0.2) is 9.13 Å². The number of fused-ring (bicyclic) bond motifs is 13. The van der Waals surface area contributed by atoms with Gasteiger partial charge in [-0.25, -0.2) is 0 Å². The maximum Gasteiger partial charge on any atom is 0.0612 e. The van der Waals surface area contributed by atoms with Crippen molar-refractivity contribution in [1.82, 2.24) is 9.13 Å². The molecule has 2 heterocycles. The predicted octanol–water partition coefficient (Wildman–Crippen LogP) is 13.7. The molecule has 0 aliphatic carbocycles. The summed E-state index contributed by atoms with van der Waals surface area (Å²) < 4.78 is 4.98. The third-order valence-electron chi connectivity index (χ3n) is 12.1. The van der Waals surface area contributed by atoms with Crippen molar-refractivity contribution in [3.8, 4) is 11.4 Å². The molecule has 0 spiro atoms. The minimum atomic E-state index is 1.20. The maximum absolute atomic E-state index is 2.49. The topological polar surface area (TPSA) is 9.86 Å². The number of aryl methyl sites for hydroxylation is 2. The molecule has 2 heteroatoms. The fraction of sp³-hybridized carbons (Fsp3) is 0.0800. The average Bonchev–Trinajstić information content (AvgIpc) is 3.61. The first-order valence-corrected chi connectivity index (χ1v) is 18.3. The lowest BCUT2D eigenvalue weighted by molar-refractivity contribution is 1.05. The van der Waals surface area contributed by atoms with E-state index in [-0.39, 0.29) is 0 Å². The van der Waals surface area contributed by atoms with E-state index >= 15 is 0 Å². The molecule has 0 unspecified atom stereocenters. The lowest BCUT2D eigenvalue weighted by atomic mass is 9.97. The molecule has 0 N–H and O–H groups in total. The van der Waals surface area contributed by atoms with Gasteiger partial charge in [0.15, 0.2) is 0 Å². The highest BCUT2D eigenvalue weighted by Gasteiger charge is 2.20. The summed E-state index contributed by atoms with van der Waals surface area (Å²) >= 11 is 0. The van der Waals surface area contributed by atoms with E-state index < -0.39 is 0 Å². The molecule has 11 aromatic rings. The van der Waals surface area contributed by atoms with Crippen LogP contribution in [0.2, 0.25) is 0 Å². The van der Waals surface area contributed by atoms with Gasteiger partial charge in [0.1, 0.15) is 0 Å². The Morgan fingerprint density at radius 3 is 1.10 bits per heavy atom. The predicted molar refractivity (Wildman–Crippen MR) is 224 cm³/mol. The highest BCUT2D eigenvalue weighted by Crippen LogP contribution is 2.42. The first kappa shape index (κ1) is 29.4. The average molecular weight is 665 g/mol. The molecule has 0 amide bonds. The van der Waals surface area contributed by atoms with Crippen LogP contribution in [0.4, 0.5) is 0 Å². The summed E-state index contributed by atoms with van der Waals surface area (Å²) in [6.45, 7) is 9.07.